The minimum Gasteiger partial charge on any atom is -0.456 e. The van der Waals surface area contributed by atoms with E-state index in [1.807, 2.05) is 12.1 Å². The molecule has 1 nitrogen and oxygen atoms in total. The zero-order valence-corrected chi connectivity index (χ0v) is 28.9. The molecule has 0 saturated carbocycles. The van der Waals surface area contributed by atoms with Crippen LogP contribution in [0.15, 0.2) is 199 Å². The average Bonchev–Trinajstić information content (AvgIpc) is 3.60. The molecule has 0 aliphatic rings. The number of benzene rings is 10. The predicted octanol–water partition coefficient (Wildman–Crippen LogP) is 14.9. The molecule has 1 heterocycles. The van der Waals surface area contributed by atoms with Crippen molar-refractivity contribution in [2.75, 3.05) is 0 Å². The molecule has 246 valence electrons. The number of fused-ring (bicyclic) bond motifs is 7. The van der Waals surface area contributed by atoms with E-state index in [4.69, 9.17) is 4.42 Å². The molecule has 10 aromatic carbocycles. The van der Waals surface area contributed by atoms with Crippen LogP contribution < -0.4 is 0 Å². The fourth-order valence-electron chi connectivity index (χ4n) is 8.55. The summed E-state index contributed by atoms with van der Waals surface area (Å²) in [4.78, 5) is 0. The fraction of sp³-hybridized carbons (Fsp3) is 0. The van der Waals surface area contributed by atoms with Crippen molar-refractivity contribution < 1.29 is 4.42 Å². The second-order valence-corrected chi connectivity index (χ2v) is 14.0. The van der Waals surface area contributed by atoms with Crippen LogP contribution in [0.2, 0.25) is 0 Å². The van der Waals surface area contributed by atoms with Crippen LogP contribution in [0.25, 0.3) is 110 Å². The predicted molar refractivity (Wildman–Crippen MR) is 225 cm³/mol. The molecule has 0 spiro atoms. The monoisotopic (exact) mass is 672 g/mol. The van der Waals surface area contributed by atoms with Crippen molar-refractivity contribution in [3.8, 4) is 44.5 Å². The van der Waals surface area contributed by atoms with Crippen LogP contribution in [0.5, 0.6) is 0 Å². The topological polar surface area (TPSA) is 13.1 Å². The molecule has 0 aliphatic heterocycles. The molecule has 0 radical (unpaired) electrons. The third-order valence-electron chi connectivity index (χ3n) is 11.0. The molecular formula is C52H32O. The van der Waals surface area contributed by atoms with E-state index in [9.17, 15) is 0 Å². The maximum Gasteiger partial charge on any atom is 0.135 e. The van der Waals surface area contributed by atoms with E-state index in [1.165, 1.54) is 87.6 Å². The summed E-state index contributed by atoms with van der Waals surface area (Å²) < 4.78 is 6.17. The number of hydrogen-bond acceptors (Lipinski definition) is 1. The maximum atomic E-state index is 6.17. The van der Waals surface area contributed by atoms with E-state index in [0.29, 0.717) is 0 Å². The quantitative estimate of drug-likeness (QED) is 0.170. The molecule has 11 aromatic rings. The van der Waals surface area contributed by atoms with E-state index in [-0.39, 0.29) is 0 Å². The molecular weight excluding hydrogens is 641 g/mol. The summed E-state index contributed by atoms with van der Waals surface area (Å²) in [6, 6.07) is 70.8. The summed E-state index contributed by atoms with van der Waals surface area (Å²) in [6.07, 6.45) is 0. The van der Waals surface area contributed by atoms with Gasteiger partial charge in [-0.2, -0.15) is 0 Å². The van der Waals surface area contributed by atoms with Crippen LogP contribution in [-0.4, -0.2) is 0 Å². The van der Waals surface area contributed by atoms with E-state index in [1.54, 1.807) is 0 Å². The van der Waals surface area contributed by atoms with E-state index in [0.717, 1.165) is 21.9 Å². The van der Waals surface area contributed by atoms with Gasteiger partial charge in [0.05, 0.1) is 0 Å². The van der Waals surface area contributed by atoms with Gasteiger partial charge in [-0.25, -0.2) is 0 Å². The Morgan fingerprint density at radius 3 is 1.66 bits per heavy atom. The highest BCUT2D eigenvalue weighted by molar-refractivity contribution is 6.22. The Hall–Kier alpha value is -6.96. The van der Waals surface area contributed by atoms with Crippen molar-refractivity contribution in [3.05, 3.63) is 194 Å². The zero-order chi connectivity index (χ0) is 34.9. The summed E-state index contributed by atoms with van der Waals surface area (Å²) in [5, 5.41) is 12.3. The molecule has 0 N–H and O–H groups in total. The average molecular weight is 673 g/mol. The van der Waals surface area contributed by atoms with Gasteiger partial charge in [0.1, 0.15) is 11.2 Å². The van der Waals surface area contributed by atoms with Crippen molar-refractivity contribution >= 4 is 65.0 Å². The van der Waals surface area contributed by atoms with Gasteiger partial charge in [-0.3, -0.25) is 0 Å². The van der Waals surface area contributed by atoms with Crippen molar-refractivity contribution in [2.24, 2.45) is 0 Å². The van der Waals surface area contributed by atoms with E-state index >= 15 is 0 Å². The summed E-state index contributed by atoms with van der Waals surface area (Å²) >= 11 is 0. The molecule has 0 bridgehead atoms. The van der Waals surface area contributed by atoms with Gasteiger partial charge in [-0.05, 0) is 124 Å². The van der Waals surface area contributed by atoms with Crippen LogP contribution in [0.4, 0.5) is 0 Å². The first-order chi connectivity index (χ1) is 26.3. The first-order valence-electron chi connectivity index (χ1n) is 18.2. The lowest BCUT2D eigenvalue weighted by Crippen LogP contribution is -1.92. The van der Waals surface area contributed by atoms with E-state index in [2.05, 4.69) is 182 Å². The van der Waals surface area contributed by atoms with Gasteiger partial charge in [0, 0.05) is 10.8 Å². The van der Waals surface area contributed by atoms with Gasteiger partial charge >= 0.3 is 0 Å². The van der Waals surface area contributed by atoms with Gasteiger partial charge in [0.2, 0.25) is 0 Å². The first-order valence-corrected chi connectivity index (χ1v) is 18.2. The third-order valence-corrected chi connectivity index (χ3v) is 11.0. The van der Waals surface area contributed by atoms with Gasteiger partial charge in [0.25, 0.3) is 0 Å². The lowest BCUT2D eigenvalue weighted by molar-refractivity contribution is 0.669. The Labute approximate surface area is 307 Å². The van der Waals surface area contributed by atoms with E-state index < -0.39 is 0 Å². The Kier molecular flexibility index (Phi) is 6.62. The highest BCUT2D eigenvalue weighted by Gasteiger charge is 2.19. The van der Waals surface area contributed by atoms with Crippen molar-refractivity contribution in [1.82, 2.24) is 0 Å². The van der Waals surface area contributed by atoms with Gasteiger partial charge < -0.3 is 4.42 Å². The second-order valence-electron chi connectivity index (χ2n) is 14.0. The number of para-hydroxylation sites is 1. The molecule has 0 aliphatic carbocycles. The largest absolute Gasteiger partial charge is 0.456 e. The van der Waals surface area contributed by atoms with Crippen LogP contribution in [0, 0.1) is 0 Å². The smallest absolute Gasteiger partial charge is 0.135 e. The SMILES string of the molecule is c1cc(-c2ccc3oc4ccccc4c3c2)cc(-c2c3ccccc3c(-c3ccc4ccccc4c3)c3cc(-c4cccc5ccccc45)ccc23)c1. The second kappa shape index (κ2) is 11.8. The van der Waals surface area contributed by atoms with Crippen LogP contribution in [-0.2, 0) is 0 Å². The molecule has 0 fully saturated rings. The van der Waals surface area contributed by atoms with Gasteiger partial charge in [-0.1, -0.05) is 158 Å². The summed E-state index contributed by atoms with van der Waals surface area (Å²) in [7, 11) is 0. The fourth-order valence-corrected chi connectivity index (χ4v) is 8.55. The van der Waals surface area contributed by atoms with Gasteiger partial charge in [0.15, 0.2) is 0 Å². The number of hydrogen-bond donors (Lipinski definition) is 0. The van der Waals surface area contributed by atoms with Crippen LogP contribution in [0.3, 0.4) is 0 Å². The Morgan fingerprint density at radius 2 is 0.792 bits per heavy atom. The molecule has 11 rings (SSSR count). The van der Waals surface area contributed by atoms with Crippen LogP contribution >= 0.6 is 0 Å². The summed E-state index contributed by atoms with van der Waals surface area (Å²) in [6.45, 7) is 0. The molecule has 0 atom stereocenters. The summed E-state index contributed by atoms with van der Waals surface area (Å²) in [5.74, 6) is 0. The normalized spacial score (nSPS) is 11.8. The molecule has 53 heavy (non-hydrogen) atoms. The first kappa shape index (κ1) is 29.7. The molecule has 1 aromatic heterocycles. The third kappa shape index (κ3) is 4.79. The zero-order valence-electron chi connectivity index (χ0n) is 28.9. The molecule has 0 saturated heterocycles. The Balaban J connectivity index is 1.19. The standard InChI is InChI=1S/C52H32O/c1-2-13-35-29-40(24-23-33(35)11-1)52-45-20-6-5-19-44(45)51(46-27-25-38(32-48(46)52)42-21-10-14-34-12-3-4-17-41(34)42)39-16-9-15-36(30-39)37-26-28-50-47(31-37)43-18-7-8-22-49(43)53-50/h1-32H. The Bertz CT molecular complexity index is 3230. The highest BCUT2D eigenvalue weighted by Crippen LogP contribution is 2.46. The number of rotatable bonds is 4. The lowest BCUT2D eigenvalue weighted by Gasteiger charge is -2.20. The van der Waals surface area contributed by atoms with Crippen molar-refractivity contribution in [3.63, 3.8) is 0 Å². The highest BCUT2D eigenvalue weighted by atomic mass is 16.3. The number of furan rings is 1. The lowest BCUT2D eigenvalue weighted by atomic mass is 9.83. The van der Waals surface area contributed by atoms with Crippen molar-refractivity contribution in [2.45, 2.75) is 0 Å². The van der Waals surface area contributed by atoms with Crippen LogP contribution in [0.1, 0.15) is 0 Å². The minimum absolute atomic E-state index is 0.911. The van der Waals surface area contributed by atoms with Crippen molar-refractivity contribution in [1.29, 1.82) is 0 Å². The molecule has 0 unspecified atom stereocenters. The summed E-state index contributed by atoms with van der Waals surface area (Å²) in [5.41, 5.74) is 11.6. The molecule has 0 amide bonds. The minimum atomic E-state index is 0.911. The molecule has 1 heteroatoms. The van der Waals surface area contributed by atoms with Gasteiger partial charge in [-0.15, -0.1) is 0 Å². The Morgan fingerprint density at radius 1 is 0.245 bits per heavy atom. The maximum absolute atomic E-state index is 6.17.